The van der Waals surface area contributed by atoms with E-state index in [0.29, 0.717) is 5.02 Å². The molecule has 0 unspecified atom stereocenters. The van der Waals surface area contributed by atoms with Gasteiger partial charge in [0.05, 0.1) is 11.3 Å². The number of hydrogen-bond donors (Lipinski definition) is 3. The van der Waals surface area contributed by atoms with Crippen LogP contribution >= 0.6 is 11.6 Å². The van der Waals surface area contributed by atoms with Crippen molar-refractivity contribution < 1.29 is 19.4 Å². The zero-order chi connectivity index (χ0) is 12.6. The van der Waals surface area contributed by atoms with Crippen LogP contribution in [0.2, 0.25) is 5.02 Å². The van der Waals surface area contributed by atoms with Crippen molar-refractivity contribution in [3.63, 3.8) is 0 Å². The highest BCUT2D eigenvalue weighted by molar-refractivity contribution is 6.31. The summed E-state index contributed by atoms with van der Waals surface area (Å²) in [7, 11) is 0. The van der Waals surface area contributed by atoms with Crippen molar-refractivity contribution in [3.05, 3.63) is 35.0 Å². The summed E-state index contributed by atoms with van der Waals surface area (Å²) >= 11 is 5.79. The minimum absolute atomic E-state index is 0.0979. The van der Waals surface area contributed by atoms with Crippen LogP contribution < -0.4 is 5.73 Å². The average Bonchev–Trinajstić information content (AvgIpc) is 2.72. The SMILES string of the molecule is Nc1cc(Cl)cc(-c2ccc(C(=O)O)o2)c1O. The Morgan fingerprint density at radius 1 is 1.35 bits per heavy atom. The molecule has 0 saturated carbocycles. The number of furan rings is 1. The number of benzene rings is 1. The largest absolute Gasteiger partial charge is 0.505 e. The van der Waals surface area contributed by atoms with Crippen LogP contribution in [0.1, 0.15) is 10.6 Å². The normalized spacial score (nSPS) is 10.4. The first-order valence-corrected chi connectivity index (χ1v) is 4.98. The molecule has 0 aliphatic heterocycles. The monoisotopic (exact) mass is 253 g/mol. The molecule has 0 saturated heterocycles. The number of nitrogens with two attached hydrogens (primary N) is 1. The standard InChI is InChI=1S/C11H8ClNO4/c12-5-3-6(10(14)7(13)4-5)8-1-2-9(17-8)11(15)16/h1-4,14H,13H2,(H,15,16). The van der Waals surface area contributed by atoms with Crippen molar-refractivity contribution in [2.45, 2.75) is 0 Å². The van der Waals surface area contributed by atoms with Gasteiger partial charge in [0, 0.05) is 5.02 Å². The lowest BCUT2D eigenvalue weighted by molar-refractivity contribution is 0.0663. The van der Waals surface area contributed by atoms with E-state index < -0.39 is 5.97 Å². The second kappa shape index (κ2) is 4.03. The summed E-state index contributed by atoms with van der Waals surface area (Å²) in [6.45, 7) is 0. The minimum atomic E-state index is -1.19. The number of aromatic carboxylic acids is 1. The summed E-state index contributed by atoms with van der Waals surface area (Å²) in [5.41, 5.74) is 5.88. The zero-order valence-electron chi connectivity index (χ0n) is 8.48. The molecule has 2 rings (SSSR count). The minimum Gasteiger partial charge on any atom is -0.505 e. The highest BCUT2D eigenvalue weighted by Gasteiger charge is 2.15. The van der Waals surface area contributed by atoms with Crippen LogP contribution in [0.25, 0.3) is 11.3 Å². The summed E-state index contributed by atoms with van der Waals surface area (Å²) < 4.78 is 5.05. The van der Waals surface area contributed by atoms with E-state index in [9.17, 15) is 9.90 Å². The molecule has 0 bridgehead atoms. The van der Waals surface area contributed by atoms with Gasteiger partial charge in [-0.1, -0.05) is 11.6 Å². The van der Waals surface area contributed by atoms with Crippen molar-refractivity contribution >= 4 is 23.3 Å². The Hall–Kier alpha value is -2.14. The predicted octanol–water partition coefficient (Wildman–Crippen LogP) is 2.59. The van der Waals surface area contributed by atoms with Gasteiger partial charge in [-0.15, -0.1) is 0 Å². The second-order valence-corrected chi connectivity index (χ2v) is 3.80. The molecule has 4 N–H and O–H groups in total. The van der Waals surface area contributed by atoms with Gasteiger partial charge in [-0.05, 0) is 24.3 Å². The molecule has 0 aliphatic carbocycles. The number of phenols is 1. The molecule has 17 heavy (non-hydrogen) atoms. The maximum atomic E-state index is 10.7. The van der Waals surface area contributed by atoms with E-state index in [0.717, 1.165) is 0 Å². The number of carbonyl (C=O) groups is 1. The zero-order valence-corrected chi connectivity index (χ0v) is 9.23. The van der Waals surface area contributed by atoms with Crippen molar-refractivity contribution in [1.29, 1.82) is 0 Å². The van der Waals surface area contributed by atoms with E-state index in [4.69, 9.17) is 26.9 Å². The second-order valence-electron chi connectivity index (χ2n) is 3.36. The molecule has 1 aromatic carbocycles. The van der Waals surface area contributed by atoms with Crippen molar-refractivity contribution in [1.82, 2.24) is 0 Å². The topological polar surface area (TPSA) is 96.7 Å². The summed E-state index contributed by atoms with van der Waals surface area (Å²) in [6.07, 6.45) is 0. The highest BCUT2D eigenvalue weighted by Crippen LogP contribution is 2.37. The third-order valence-electron chi connectivity index (χ3n) is 2.19. The Balaban J connectivity index is 2.56. The smallest absolute Gasteiger partial charge is 0.371 e. The highest BCUT2D eigenvalue weighted by atomic mass is 35.5. The lowest BCUT2D eigenvalue weighted by Gasteiger charge is -2.05. The van der Waals surface area contributed by atoms with E-state index in [2.05, 4.69) is 0 Å². The maximum absolute atomic E-state index is 10.7. The number of carboxylic acids is 1. The molecule has 0 fully saturated rings. The van der Waals surface area contributed by atoms with Gasteiger partial charge in [0.1, 0.15) is 11.5 Å². The van der Waals surface area contributed by atoms with Gasteiger partial charge in [0.25, 0.3) is 0 Å². The van der Waals surface area contributed by atoms with Crippen LogP contribution in [0.4, 0.5) is 5.69 Å². The number of nitrogen functional groups attached to an aromatic ring is 1. The van der Waals surface area contributed by atoms with Gasteiger partial charge < -0.3 is 20.4 Å². The van der Waals surface area contributed by atoms with Gasteiger partial charge in [-0.2, -0.15) is 0 Å². The predicted molar refractivity (Wildman–Crippen MR) is 62.2 cm³/mol. The lowest BCUT2D eigenvalue weighted by Crippen LogP contribution is -1.92. The molecule has 0 aliphatic rings. The van der Waals surface area contributed by atoms with Gasteiger partial charge in [0.15, 0.2) is 0 Å². The fourth-order valence-electron chi connectivity index (χ4n) is 1.41. The van der Waals surface area contributed by atoms with E-state index in [1.807, 2.05) is 0 Å². The molecular weight excluding hydrogens is 246 g/mol. The molecule has 0 atom stereocenters. The van der Waals surface area contributed by atoms with Crippen molar-refractivity contribution in [3.8, 4) is 17.1 Å². The molecule has 88 valence electrons. The first-order chi connectivity index (χ1) is 7.99. The summed E-state index contributed by atoms with van der Waals surface area (Å²) in [5, 5.41) is 18.8. The first-order valence-electron chi connectivity index (χ1n) is 4.60. The molecule has 0 amide bonds. The average molecular weight is 254 g/mol. The van der Waals surface area contributed by atoms with Crippen LogP contribution in [0.5, 0.6) is 5.75 Å². The van der Waals surface area contributed by atoms with Crippen LogP contribution in [0.15, 0.2) is 28.7 Å². The Morgan fingerprint density at radius 3 is 2.65 bits per heavy atom. The third kappa shape index (κ3) is 2.05. The van der Waals surface area contributed by atoms with Crippen LogP contribution in [0.3, 0.4) is 0 Å². The summed E-state index contributed by atoms with van der Waals surface area (Å²) in [5.74, 6) is -1.42. The summed E-state index contributed by atoms with van der Waals surface area (Å²) in [6, 6.07) is 5.54. The van der Waals surface area contributed by atoms with Crippen molar-refractivity contribution in [2.75, 3.05) is 5.73 Å². The Bertz CT molecular complexity index is 591. The summed E-state index contributed by atoms with van der Waals surface area (Å²) in [4.78, 5) is 10.7. The van der Waals surface area contributed by atoms with Gasteiger partial charge >= 0.3 is 5.97 Å². The van der Waals surface area contributed by atoms with Gasteiger partial charge in [0.2, 0.25) is 5.76 Å². The number of carboxylic acid groups (broad SMARTS) is 1. The number of anilines is 1. The molecule has 1 aromatic heterocycles. The Labute approximate surface area is 101 Å². The van der Waals surface area contributed by atoms with Crippen LogP contribution in [0, 0.1) is 0 Å². The molecule has 5 nitrogen and oxygen atoms in total. The molecular formula is C11H8ClNO4. The lowest BCUT2D eigenvalue weighted by atomic mass is 10.1. The van der Waals surface area contributed by atoms with E-state index in [-0.39, 0.29) is 28.5 Å². The fourth-order valence-corrected chi connectivity index (χ4v) is 1.63. The fraction of sp³-hybridized carbons (Fsp3) is 0. The van der Waals surface area contributed by atoms with Crippen molar-refractivity contribution in [2.24, 2.45) is 0 Å². The number of aromatic hydroxyl groups is 1. The number of rotatable bonds is 2. The van der Waals surface area contributed by atoms with Gasteiger partial charge in [-0.25, -0.2) is 4.79 Å². The first kappa shape index (κ1) is 11.3. The molecule has 1 heterocycles. The number of hydrogen-bond acceptors (Lipinski definition) is 4. The van der Waals surface area contributed by atoms with E-state index >= 15 is 0 Å². The molecule has 6 heteroatoms. The Morgan fingerprint density at radius 2 is 2.06 bits per heavy atom. The number of phenolic OH excluding ortho intramolecular Hbond substituents is 1. The van der Waals surface area contributed by atoms with Crippen LogP contribution in [-0.4, -0.2) is 16.2 Å². The third-order valence-corrected chi connectivity index (χ3v) is 2.40. The van der Waals surface area contributed by atoms with E-state index in [1.165, 1.54) is 24.3 Å². The Kier molecular flexibility index (Phi) is 2.69. The number of halogens is 1. The molecule has 2 aromatic rings. The van der Waals surface area contributed by atoms with E-state index in [1.54, 1.807) is 0 Å². The molecule has 0 radical (unpaired) electrons. The maximum Gasteiger partial charge on any atom is 0.371 e. The molecule has 0 spiro atoms. The van der Waals surface area contributed by atoms with Crippen LogP contribution in [-0.2, 0) is 0 Å². The van der Waals surface area contributed by atoms with Gasteiger partial charge in [-0.3, -0.25) is 0 Å². The quantitative estimate of drug-likeness (QED) is 0.565.